The Labute approximate surface area is 122 Å². The number of rotatable bonds is 6. The van der Waals surface area contributed by atoms with Crippen LogP contribution in [0.15, 0.2) is 6.07 Å². The molecule has 0 aliphatic heterocycles. The number of hydrogen-bond acceptors (Lipinski definition) is 5. The molecule has 0 radical (unpaired) electrons. The monoisotopic (exact) mass is 308 g/mol. The SMILES string of the molecule is CCC(CSC)N(C)c1nc(NN)c(Cl)cc1Cl. The number of halogens is 2. The second-order valence-electron chi connectivity index (χ2n) is 3.90. The zero-order valence-electron chi connectivity index (χ0n) is 10.7. The Morgan fingerprint density at radius 3 is 2.67 bits per heavy atom. The molecule has 18 heavy (non-hydrogen) atoms. The minimum absolute atomic E-state index is 0.372. The number of pyridine rings is 1. The molecule has 1 aromatic heterocycles. The van der Waals surface area contributed by atoms with Crippen LogP contribution in [0, 0.1) is 0 Å². The molecule has 4 nitrogen and oxygen atoms in total. The van der Waals surface area contributed by atoms with Crippen LogP contribution in [-0.4, -0.2) is 30.1 Å². The molecule has 102 valence electrons. The van der Waals surface area contributed by atoms with Crippen molar-refractivity contribution >= 4 is 46.6 Å². The highest BCUT2D eigenvalue weighted by Crippen LogP contribution is 2.32. The van der Waals surface area contributed by atoms with Gasteiger partial charge in [-0.25, -0.2) is 10.8 Å². The number of nitrogens with two attached hydrogens (primary N) is 1. The van der Waals surface area contributed by atoms with E-state index >= 15 is 0 Å². The summed E-state index contributed by atoms with van der Waals surface area (Å²) in [5, 5.41) is 0.943. The van der Waals surface area contributed by atoms with Gasteiger partial charge < -0.3 is 10.3 Å². The predicted octanol–water partition coefficient (Wildman–Crippen LogP) is 3.25. The van der Waals surface area contributed by atoms with E-state index in [2.05, 4.69) is 28.5 Å². The number of hydrogen-bond donors (Lipinski definition) is 2. The summed E-state index contributed by atoms with van der Waals surface area (Å²) in [5.41, 5.74) is 2.47. The van der Waals surface area contributed by atoms with Gasteiger partial charge in [-0.15, -0.1) is 0 Å². The zero-order valence-corrected chi connectivity index (χ0v) is 13.0. The van der Waals surface area contributed by atoms with Crippen LogP contribution in [0.3, 0.4) is 0 Å². The van der Waals surface area contributed by atoms with E-state index in [0.717, 1.165) is 12.2 Å². The van der Waals surface area contributed by atoms with E-state index in [9.17, 15) is 0 Å². The predicted molar refractivity (Wildman–Crippen MR) is 82.9 cm³/mol. The fraction of sp³-hybridized carbons (Fsp3) is 0.545. The van der Waals surface area contributed by atoms with Crippen molar-refractivity contribution in [2.75, 3.05) is 29.4 Å². The Hall–Kier alpha value is -0.360. The van der Waals surface area contributed by atoms with E-state index in [4.69, 9.17) is 29.0 Å². The summed E-state index contributed by atoms with van der Waals surface area (Å²) in [6.07, 6.45) is 3.10. The third-order valence-corrected chi connectivity index (χ3v) is 4.04. The molecule has 0 aliphatic rings. The Bertz CT molecular complexity index is 403. The average molecular weight is 309 g/mol. The molecule has 0 fully saturated rings. The van der Waals surface area contributed by atoms with Crippen molar-refractivity contribution < 1.29 is 0 Å². The normalized spacial score (nSPS) is 12.3. The molecule has 0 bridgehead atoms. The van der Waals surface area contributed by atoms with Crippen LogP contribution in [0.25, 0.3) is 0 Å². The molecule has 0 aromatic carbocycles. The first-order valence-corrected chi connectivity index (χ1v) is 7.74. The number of nitrogen functional groups attached to an aromatic ring is 1. The van der Waals surface area contributed by atoms with Gasteiger partial charge in [0.2, 0.25) is 0 Å². The van der Waals surface area contributed by atoms with Gasteiger partial charge >= 0.3 is 0 Å². The van der Waals surface area contributed by atoms with Crippen molar-refractivity contribution in [1.82, 2.24) is 4.98 Å². The molecule has 0 aliphatic carbocycles. The number of hydrazine groups is 1. The zero-order chi connectivity index (χ0) is 13.7. The fourth-order valence-corrected chi connectivity index (χ4v) is 3.06. The van der Waals surface area contributed by atoms with Crippen molar-refractivity contribution in [1.29, 1.82) is 0 Å². The minimum atomic E-state index is 0.372. The van der Waals surface area contributed by atoms with Crippen molar-refractivity contribution in [2.24, 2.45) is 5.84 Å². The molecule has 1 unspecified atom stereocenters. The molecule has 1 atom stereocenters. The number of thioether (sulfide) groups is 1. The average Bonchev–Trinajstić information content (AvgIpc) is 2.35. The minimum Gasteiger partial charge on any atom is -0.355 e. The summed E-state index contributed by atoms with van der Waals surface area (Å²) in [5.74, 6) is 7.51. The molecule has 1 heterocycles. The van der Waals surface area contributed by atoms with Gasteiger partial charge in [0.15, 0.2) is 5.82 Å². The van der Waals surface area contributed by atoms with E-state index in [1.165, 1.54) is 0 Å². The van der Waals surface area contributed by atoms with Gasteiger partial charge in [-0.2, -0.15) is 11.8 Å². The highest BCUT2D eigenvalue weighted by Gasteiger charge is 2.18. The molecule has 0 amide bonds. The van der Waals surface area contributed by atoms with Gasteiger partial charge in [0.25, 0.3) is 0 Å². The molecule has 0 saturated heterocycles. The summed E-state index contributed by atoms with van der Waals surface area (Å²) in [6, 6.07) is 2.03. The number of nitrogens with zero attached hydrogens (tertiary/aromatic N) is 2. The Morgan fingerprint density at radius 1 is 1.50 bits per heavy atom. The largest absolute Gasteiger partial charge is 0.355 e. The molecule has 3 N–H and O–H groups in total. The van der Waals surface area contributed by atoms with Crippen molar-refractivity contribution in [3.63, 3.8) is 0 Å². The standard InChI is InChI=1S/C11H18Cl2N4S/c1-4-7(6-18-3)17(2)11-9(13)5-8(12)10(15-11)16-14/h5,7H,4,6,14H2,1-3H3,(H,15,16). The Balaban J connectivity index is 3.07. The quantitative estimate of drug-likeness (QED) is 0.624. The van der Waals surface area contributed by atoms with Gasteiger partial charge in [0.1, 0.15) is 5.82 Å². The van der Waals surface area contributed by atoms with Crippen LogP contribution < -0.4 is 16.2 Å². The second kappa shape index (κ2) is 7.28. The van der Waals surface area contributed by atoms with Crippen LogP contribution in [0.1, 0.15) is 13.3 Å². The molecule has 1 aromatic rings. The van der Waals surface area contributed by atoms with Crippen LogP contribution in [0.5, 0.6) is 0 Å². The van der Waals surface area contributed by atoms with E-state index in [-0.39, 0.29) is 0 Å². The lowest BCUT2D eigenvalue weighted by Crippen LogP contribution is -2.34. The van der Waals surface area contributed by atoms with Crippen molar-refractivity contribution in [3.8, 4) is 0 Å². The highest BCUT2D eigenvalue weighted by molar-refractivity contribution is 7.98. The summed E-state index contributed by atoms with van der Waals surface area (Å²) < 4.78 is 0. The third-order valence-electron chi connectivity index (χ3n) is 2.76. The van der Waals surface area contributed by atoms with Crippen molar-refractivity contribution in [3.05, 3.63) is 16.1 Å². The fourth-order valence-electron chi connectivity index (χ4n) is 1.67. The first-order chi connectivity index (χ1) is 8.54. The summed E-state index contributed by atoms with van der Waals surface area (Å²) in [6.45, 7) is 2.14. The second-order valence-corrected chi connectivity index (χ2v) is 5.62. The Morgan fingerprint density at radius 2 is 2.17 bits per heavy atom. The van der Waals surface area contributed by atoms with E-state index in [0.29, 0.717) is 27.7 Å². The molecular formula is C11H18Cl2N4S. The summed E-state index contributed by atoms with van der Waals surface area (Å²) >= 11 is 14.0. The molecule has 0 spiro atoms. The Kier molecular flexibility index (Phi) is 6.35. The molecule has 7 heteroatoms. The van der Waals surface area contributed by atoms with E-state index in [1.54, 1.807) is 17.8 Å². The highest BCUT2D eigenvalue weighted by atomic mass is 35.5. The van der Waals surface area contributed by atoms with Crippen LogP contribution in [0.4, 0.5) is 11.6 Å². The van der Waals surface area contributed by atoms with Gasteiger partial charge in [0.05, 0.1) is 10.0 Å². The van der Waals surface area contributed by atoms with Gasteiger partial charge in [-0.3, -0.25) is 0 Å². The van der Waals surface area contributed by atoms with Gasteiger partial charge in [-0.05, 0) is 18.7 Å². The lowest BCUT2D eigenvalue weighted by molar-refractivity contribution is 0.666. The maximum atomic E-state index is 6.19. The molecule has 1 rings (SSSR count). The van der Waals surface area contributed by atoms with Gasteiger partial charge in [-0.1, -0.05) is 30.1 Å². The number of nitrogens with one attached hydrogen (secondary N) is 1. The first-order valence-electron chi connectivity index (χ1n) is 5.59. The van der Waals surface area contributed by atoms with Crippen molar-refractivity contribution in [2.45, 2.75) is 19.4 Å². The lowest BCUT2D eigenvalue weighted by atomic mass is 10.2. The van der Waals surface area contributed by atoms with E-state index in [1.807, 2.05) is 7.05 Å². The summed E-state index contributed by atoms with van der Waals surface area (Å²) in [7, 11) is 1.98. The van der Waals surface area contributed by atoms with E-state index < -0.39 is 0 Å². The maximum Gasteiger partial charge on any atom is 0.161 e. The van der Waals surface area contributed by atoms with Crippen LogP contribution in [-0.2, 0) is 0 Å². The maximum absolute atomic E-state index is 6.19. The lowest BCUT2D eigenvalue weighted by Gasteiger charge is -2.28. The van der Waals surface area contributed by atoms with Crippen LogP contribution in [0.2, 0.25) is 10.0 Å². The third kappa shape index (κ3) is 3.57. The molecular weight excluding hydrogens is 291 g/mol. The number of anilines is 2. The summed E-state index contributed by atoms with van der Waals surface area (Å²) in [4.78, 5) is 6.42. The molecule has 0 saturated carbocycles. The first kappa shape index (κ1) is 15.7. The number of aromatic nitrogens is 1. The topological polar surface area (TPSA) is 54.2 Å². The smallest absolute Gasteiger partial charge is 0.161 e. The van der Waals surface area contributed by atoms with Crippen LogP contribution >= 0.6 is 35.0 Å². The van der Waals surface area contributed by atoms with Gasteiger partial charge in [0, 0.05) is 18.8 Å².